The van der Waals surface area contributed by atoms with Crippen LogP contribution in [0.25, 0.3) is 22.2 Å². The highest BCUT2D eigenvalue weighted by atomic mass is 19.1. The lowest BCUT2D eigenvalue weighted by molar-refractivity contribution is -0.131. The lowest BCUT2D eigenvalue weighted by Crippen LogP contribution is -2.55. The predicted molar refractivity (Wildman–Crippen MR) is 168 cm³/mol. The number of anilines is 1. The van der Waals surface area contributed by atoms with Gasteiger partial charge in [0.05, 0.1) is 30.5 Å². The highest BCUT2D eigenvalue weighted by molar-refractivity contribution is 5.93. The minimum absolute atomic E-state index is 0.00121. The second-order valence-corrected chi connectivity index (χ2v) is 13.8. The topological polar surface area (TPSA) is 98.5 Å². The molecule has 4 heterocycles. The van der Waals surface area contributed by atoms with Crippen molar-refractivity contribution in [2.75, 3.05) is 50.8 Å². The molecule has 0 N–H and O–H groups in total. The average Bonchev–Trinajstić information content (AvgIpc) is 3.91. The Labute approximate surface area is 266 Å². The largest absolute Gasteiger partial charge is 0.463 e. The van der Waals surface area contributed by atoms with Crippen LogP contribution in [-0.4, -0.2) is 82.6 Å². The zero-order valence-electron chi connectivity index (χ0n) is 25.9. The van der Waals surface area contributed by atoms with Gasteiger partial charge in [-0.3, -0.25) is 9.78 Å². The molecule has 2 saturated heterocycles. The van der Waals surface area contributed by atoms with E-state index in [-0.39, 0.29) is 42.1 Å². The summed E-state index contributed by atoms with van der Waals surface area (Å²) in [5, 5.41) is 9.94. The Morgan fingerprint density at radius 2 is 2.00 bits per heavy atom. The van der Waals surface area contributed by atoms with Gasteiger partial charge >= 0.3 is 6.01 Å². The Kier molecular flexibility index (Phi) is 7.16. The Morgan fingerprint density at radius 3 is 2.76 bits per heavy atom. The van der Waals surface area contributed by atoms with Gasteiger partial charge in [-0.2, -0.15) is 15.2 Å². The third kappa shape index (κ3) is 5.16. The summed E-state index contributed by atoms with van der Waals surface area (Å²) < 4.78 is 36.8. The molecule has 1 aromatic carbocycles. The molecule has 0 unspecified atom stereocenters. The van der Waals surface area contributed by atoms with E-state index in [9.17, 15) is 14.4 Å². The normalized spacial score (nSPS) is 24.4. The molecule has 9 nitrogen and oxygen atoms in total. The van der Waals surface area contributed by atoms with Crippen LogP contribution < -0.4 is 9.64 Å². The number of carbonyl (C=O) groups excluding carboxylic acids is 1. The summed E-state index contributed by atoms with van der Waals surface area (Å²) >= 11 is 0. The van der Waals surface area contributed by atoms with Crippen LogP contribution in [0.2, 0.25) is 0 Å². The first kappa shape index (κ1) is 29.2. The molecular weight excluding hydrogens is 588 g/mol. The predicted octanol–water partition coefficient (Wildman–Crippen LogP) is 5.16. The quantitative estimate of drug-likeness (QED) is 0.301. The molecule has 1 amide bonds. The second kappa shape index (κ2) is 11.3. The van der Waals surface area contributed by atoms with Gasteiger partial charge in [-0.1, -0.05) is 24.8 Å². The Hall–Kier alpha value is -4.17. The number of fused-ring (bicyclic) bond motifs is 4. The van der Waals surface area contributed by atoms with E-state index in [2.05, 4.69) is 33.6 Å². The average molecular weight is 626 g/mol. The van der Waals surface area contributed by atoms with Crippen molar-refractivity contribution >= 4 is 22.6 Å². The van der Waals surface area contributed by atoms with E-state index in [1.54, 1.807) is 6.20 Å². The Morgan fingerprint density at radius 1 is 1.17 bits per heavy atom. The number of nitrogens with zero attached hydrogens (tertiary/aromatic N) is 7. The van der Waals surface area contributed by atoms with Crippen molar-refractivity contribution in [1.29, 1.82) is 5.26 Å². The van der Waals surface area contributed by atoms with Gasteiger partial charge in [-0.15, -0.1) is 0 Å². The van der Waals surface area contributed by atoms with E-state index in [1.165, 1.54) is 35.3 Å². The van der Waals surface area contributed by atoms with Crippen LogP contribution in [0.5, 0.6) is 6.01 Å². The van der Waals surface area contributed by atoms with Gasteiger partial charge in [-0.25, -0.2) is 8.78 Å². The summed E-state index contributed by atoms with van der Waals surface area (Å²) in [5.41, 5.74) is 3.73. The zero-order valence-corrected chi connectivity index (χ0v) is 25.9. The summed E-state index contributed by atoms with van der Waals surface area (Å²) in [7, 11) is 0. The van der Waals surface area contributed by atoms with Crippen molar-refractivity contribution in [3.8, 4) is 23.3 Å². The summed E-state index contributed by atoms with van der Waals surface area (Å²) in [5.74, 6) is -0.764. The fraction of sp³-hybridized carbons (Fsp3) is 0.514. The van der Waals surface area contributed by atoms with Crippen molar-refractivity contribution in [2.45, 2.75) is 56.9 Å². The van der Waals surface area contributed by atoms with E-state index in [0.717, 1.165) is 44.5 Å². The summed E-state index contributed by atoms with van der Waals surface area (Å²) in [6.07, 6.45) is 8.34. The molecule has 0 bridgehead atoms. The zero-order chi connectivity index (χ0) is 31.6. The first-order valence-corrected chi connectivity index (χ1v) is 16.4. The molecule has 3 atom stereocenters. The number of hydrogen-bond donors (Lipinski definition) is 0. The van der Waals surface area contributed by atoms with Crippen LogP contribution in [0.1, 0.15) is 55.6 Å². The van der Waals surface area contributed by atoms with Crippen molar-refractivity contribution in [3.05, 3.63) is 53.7 Å². The van der Waals surface area contributed by atoms with Crippen LogP contribution in [0.15, 0.2) is 36.8 Å². The monoisotopic (exact) mass is 625 g/mol. The third-order valence-electron chi connectivity index (χ3n) is 10.7. The smallest absolute Gasteiger partial charge is 0.319 e. The fourth-order valence-corrected chi connectivity index (χ4v) is 7.94. The van der Waals surface area contributed by atoms with Gasteiger partial charge in [-0.05, 0) is 74.6 Å². The highest BCUT2D eigenvalue weighted by Gasteiger charge is 2.47. The Bertz CT molecular complexity index is 1780. The number of rotatable bonds is 9. The van der Waals surface area contributed by atoms with E-state index in [0.29, 0.717) is 36.2 Å². The van der Waals surface area contributed by atoms with Crippen LogP contribution in [-0.2, 0) is 11.2 Å². The first-order chi connectivity index (χ1) is 22.3. The van der Waals surface area contributed by atoms with Crippen LogP contribution in [0, 0.1) is 28.5 Å². The first-order valence-electron chi connectivity index (χ1n) is 16.4. The SMILES string of the molecule is C=C(F)C(=O)N1CCN(c2nc(OCC3(CN4CCCC4)CC3)nc3c(F)c(-c4cccc5c4C[C@H]4C[C@@H]54)ncc23)C[C@@H]1CC#N. The molecule has 2 aliphatic heterocycles. The molecule has 0 radical (unpaired) electrons. The van der Waals surface area contributed by atoms with Gasteiger partial charge in [0.2, 0.25) is 0 Å². The standard InChI is InChI=1S/C35H37F2N7O2/c1-21(36)33(45)44-14-13-43(18-23(44)7-10-38)32-28-17-39-30(25-6-4-5-24-26-15-22(26)16-27(24)25)29(37)31(28)40-34(41-32)46-20-35(8-9-35)19-42-11-2-3-12-42/h4-6,17,22-23,26H,1-3,7-9,11-16,18-20H2/t22-,23+,26-/m1/s1. The molecule has 3 aromatic rings. The molecule has 238 valence electrons. The number of amides is 1. The number of carbonyl (C=O) groups is 1. The summed E-state index contributed by atoms with van der Waals surface area (Å²) in [4.78, 5) is 32.4. The van der Waals surface area contributed by atoms with Crippen LogP contribution in [0.4, 0.5) is 14.6 Å². The fourth-order valence-electron chi connectivity index (χ4n) is 7.94. The molecule has 4 fully saturated rings. The maximum atomic E-state index is 16.7. The van der Waals surface area contributed by atoms with E-state index in [1.807, 2.05) is 17.0 Å². The van der Waals surface area contributed by atoms with E-state index < -0.39 is 23.6 Å². The number of ether oxygens (including phenoxy) is 1. The Balaban J connectivity index is 1.16. The molecule has 3 aliphatic carbocycles. The van der Waals surface area contributed by atoms with Gasteiger partial charge < -0.3 is 19.4 Å². The van der Waals surface area contributed by atoms with Gasteiger partial charge in [0, 0.05) is 43.4 Å². The number of hydrogen-bond acceptors (Lipinski definition) is 8. The molecule has 2 saturated carbocycles. The molecule has 0 spiro atoms. The maximum Gasteiger partial charge on any atom is 0.319 e. The number of piperazine rings is 1. The van der Waals surface area contributed by atoms with Crippen LogP contribution >= 0.6 is 0 Å². The lowest BCUT2D eigenvalue weighted by atomic mass is 9.96. The van der Waals surface area contributed by atoms with Crippen molar-refractivity contribution in [2.24, 2.45) is 11.3 Å². The second-order valence-electron chi connectivity index (χ2n) is 13.8. The number of likely N-dealkylation sites (tertiary alicyclic amines) is 1. The molecule has 5 aliphatic rings. The van der Waals surface area contributed by atoms with Crippen molar-refractivity contribution in [1.82, 2.24) is 24.8 Å². The number of pyridine rings is 1. The summed E-state index contributed by atoms with van der Waals surface area (Å²) in [6, 6.07) is 7.68. The third-order valence-corrected chi connectivity index (χ3v) is 10.7. The van der Waals surface area contributed by atoms with Crippen LogP contribution in [0.3, 0.4) is 0 Å². The molecule has 8 rings (SSSR count). The highest BCUT2D eigenvalue weighted by Crippen LogP contribution is 2.58. The van der Waals surface area contributed by atoms with E-state index >= 15 is 4.39 Å². The molecule has 46 heavy (non-hydrogen) atoms. The maximum absolute atomic E-state index is 16.7. The molecule has 11 heteroatoms. The van der Waals surface area contributed by atoms with Gasteiger partial charge in [0.1, 0.15) is 17.0 Å². The van der Waals surface area contributed by atoms with E-state index in [4.69, 9.17) is 9.72 Å². The minimum atomic E-state index is -1.06. The number of halogens is 2. The number of nitriles is 1. The van der Waals surface area contributed by atoms with Crippen molar-refractivity contribution < 1.29 is 18.3 Å². The molecular formula is C35H37F2N7O2. The number of aromatic nitrogens is 3. The van der Waals surface area contributed by atoms with Gasteiger partial charge in [0.15, 0.2) is 11.6 Å². The summed E-state index contributed by atoms with van der Waals surface area (Å²) in [6.45, 7) is 7.45. The number of benzene rings is 1. The van der Waals surface area contributed by atoms with Crippen molar-refractivity contribution in [3.63, 3.8) is 0 Å². The minimum Gasteiger partial charge on any atom is -0.463 e. The lowest BCUT2D eigenvalue weighted by Gasteiger charge is -2.41. The van der Waals surface area contributed by atoms with Gasteiger partial charge in [0.25, 0.3) is 5.91 Å². The molecule has 2 aromatic heterocycles.